The first-order chi connectivity index (χ1) is 10.6. The summed E-state index contributed by atoms with van der Waals surface area (Å²) in [6.45, 7) is -0.0878. The van der Waals surface area contributed by atoms with E-state index in [2.05, 4.69) is 10.6 Å². The Morgan fingerprint density at radius 2 is 1.00 bits per heavy atom. The summed E-state index contributed by atoms with van der Waals surface area (Å²) in [6.07, 6.45) is 0. The van der Waals surface area contributed by atoms with Crippen molar-refractivity contribution in [3.05, 3.63) is 48.5 Å². The van der Waals surface area contributed by atoms with Gasteiger partial charge in [0.2, 0.25) is 11.8 Å². The summed E-state index contributed by atoms with van der Waals surface area (Å²) >= 11 is 0. The van der Waals surface area contributed by atoms with Crippen LogP contribution < -0.4 is 22.1 Å². The molecule has 0 aliphatic carbocycles. The maximum absolute atomic E-state index is 11.2. The molecule has 0 radical (unpaired) electrons. The quantitative estimate of drug-likeness (QED) is 0.663. The van der Waals surface area contributed by atoms with E-state index in [0.29, 0.717) is 11.4 Å². The highest BCUT2D eigenvalue weighted by Crippen LogP contribution is 2.23. The smallest absolute Gasteiger partial charge is 0.238 e. The van der Waals surface area contributed by atoms with Crippen LogP contribution in [-0.4, -0.2) is 24.9 Å². The molecular weight excluding hydrogens is 280 g/mol. The van der Waals surface area contributed by atoms with Crippen molar-refractivity contribution < 1.29 is 9.59 Å². The lowest BCUT2D eigenvalue weighted by molar-refractivity contribution is -0.115. The number of carbonyl (C=O) groups excluding carboxylic acids is 2. The van der Waals surface area contributed by atoms with Crippen LogP contribution in [0.1, 0.15) is 0 Å². The van der Waals surface area contributed by atoms with Gasteiger partial charge in [0.05, 0.1) is 13.1 Å². The second kappa shape index (κ2) is 7.35. The van der Waals surface area contributed by atoms with Gasteiger partial charge in [-0.05, 0) is 35.4 Å². The topological polar surface area (TPSA) is 110 Å². The Morgan fingerprint density at radius 3 is 1.27 bits per heavy atom. The summed E-state index contributed by atoms with van der Waals surface area (Å²) in [7, 11) is 0. The van der Waals surface area contributed by atoms with Gasteiger partial charge >= 0.3 is 0 Å². The maximum Gasteiger partial charge on any atom is 0.238 e. The molecule has 0 heterocycles. The molecule has 0 atom stereocenters. The standard InChI is InChI=1S/C16H18N4O2/c17-9-15(21)19-13-5-1-11(2-6-13)12-3-7-14(8-4-12)20-16(22)10-18/h1-8H,9-10,17-18H2,(H,19,21)(H,20,22). The zero-order chi connectivity index (χ0) is 15.9. The average Bonchev–Trinajstić information content (AvgIpc) is 2.56. The lowest BCUT2D eigenvalue weighted by Crippen LogP contribution is -2.21. The molecule has 0 aromatic heterocycles. The van der Waals surface area contributed by atoms with Crippen molar-refractivity contribution in [3.63, 3.8) is 0 Å². The number of anilines is 2. The molecule has 6 heteroatoms. The molecule has 0 saturated heterocycles. The molecule has 2 aromatic rings. The monoisotopic (exact) mass is 298 g/mol. The molecule has 0 saturated carbocycles. The molecule has 0 fully saturated rings. The second-order valence-corrected chi connectivity index (χ2v) is 4.66. The Balaban J connectivity index is 2.08. The Morgan fingerprint density at radius 1 is 0.682 bits per heavy atom. The summed E-state index contributed by atoms with van der Waals surface area (Å²) < 4.78 is 0. The fourth-order valence-electron chi connectivity index (χ4n) is 1.92. The number of nitrogens with one attached hydrogen (secondary N) is 2. The summed E-state index contributed by atoms with van der Waals surface area (Å²) in [5.74, 6) is -0.458. The maximum atomic E-state index is 11.2. The molecule has 0 aliphatic heterocycles. The van der Waals surface area contributed by atoms with Crippen molar-refractivity contribution in [1.82, 2.24) is 0 Å². The minimum absolute atomic E-state index is 0.0439. The average molecular weight is 298 g/mol. The number of carbonyl (C=O) groups is 2. The van der Waals surface area contributed by atoms with Crippen LogP contribution in [0.4, 0.5) is 11.4 Å². The van der Waals surface area contributed by atoms with Crippen LogP contribution in [0.3, 0.4) is 0 Å². The Labute approximate surface area is 128 Å². The molecule has 0 unspecified atom stereocenters. The highest BCUT2D eigenvalue weighted by Gasteiger charge is 2.02. The molecule has 0 bridgehead atoms. The summed E-state index contributed by atoms with van der Waals surface area (Å²) in [5.41, 5.74) is 13.9. The number of hydrogen-bond acceptors (Lipinski definition) is 4. The van der Waals surface area contributed by atoms with Gasteiger partial charge in [0, 0.05) is 11.4 Å². The zero-order valence-corrected chi connectivity index (χ0v) is 12.0. The van der Waals surface area contributed by atoms with Gasteiger partial charge in [-0.3, -0.25) is 9.59 Å². The number of nitrogens with two attached hydrogens (primary N) is 2. The number of amides is 2. The van der Waals surface area contributed by atoms with Gasteiger partial charge in [0.15, 0.2) is 0 Å². The minimum Gasteiger partial charge on any atom is -0.325 e. The van der Waals surface area contributed by atoms with Crippen molar-refractivity contribution in [1.29, 1.82) is 0 Å². The van der Waals surface area contributed by atoms with Crippen LogP contribution in [0.15, 0.2) is 48.5 Å². The van der Waals surface area contributed by atoms with Gasteiger partial charge in [0.1, 0.15) is 0 Å². The predicted molar refractivity (Wildman–Crippen MR) is 87.2 cm³/mol. The normalized spacial score (nSPS) is 10.1. The lowest BCUT2D eigenvalue weighted by Gasteiger charge is -2.07. The van der Waals surface area contributed by atoms with Gasteiger partial charge < -0.3 is 22.1 Å². The van der Waals surface area contributed by atoms with Crippen molar-refractivity contribution in [2.75, 3.05) is 23.7 Å². The molecule has 6 nitrogen and oxygen atoms in total. The van der Waals surface area contributed by atoms with Gasteiger partial charge in [0.25, 0.3) is 0 Å². The van der Waals surface area contributed by atoms with Crippen molar-refractivity contribution in [3.8, 4) is 11.1 Å². The fourth-order valence-corrected chi connectivity index (χ4v) is 1.92. The van der Waals surface area contributed by atoms with Crippen molar-refractivity contribution in [2.24, 2.45) is 11.5 Å². The molecule has 0 aliphatic rings. The first kappa shape index (κ1) is 15.7. The summed E-state index contributed by atoms with van der Waals surface area (Å²) in [4.78, 5) is 22.4. The van der Waals surface area contributed by atoms with Crippen LogP contribution in [0.25, 0.3) is 11.1 Å². The van der Waals surface area contributed by atoms with Gasteiger partial charge in [-0.25, -0.2) is 0 Å². The fraction of sp³-hybridized carbons (Fsp3) is 0.125. The SMILES string of the molecule is NCC(=O)Nc1ccc(-c2ccc(NC(=O)CN)cc2)cc1. The first-order valence-corrected chi connectivity index (χ1v) is 6.82. The number of benzene rings is 2. The molecule has 6 N–H and O–H groups in total. The number of hydrogen-bond donors (Lipinski definition) is 4. The van der Waals surface area contributed by atoms with Gasteiger partial charge in [-0.2, -0.15) is 0 Å². The van der Waals surface area contributed by atoms with Crippen molar-refractivity contribution >= 4 is 23.2 Å². The lowest BCUT2D eigenvalue weighted by atomic mass is 10.0. The molecule has 0 spiro atoms. The summed E-state index contributed by atoms with van der Waals surface area (Å²) in [5, 5.41) is 5.37. The molecule has 114 valence electrons. The second-order valence-electron chi connectivity index (χ2n) is 4.66. The molecule has 2 rings (SSSR count). The zero-order valence-electron chi connectivity index (χ0n) is 12.0. The van der Waals surface area contributed by atoms with E-state index in [-0.39, 0.29) is 24.9 Å². The van der Waals surface area contributed by atoms with Crippen molar-refractivity contribution in [2.45, 2.75) is 0 Å². The molecular formula is C16H18N4O2. The van der Waals surface area contributed by atoms with Crippen LogP contribution in [-0.2, 0) is 9.59 Å². The Hall–Kier alpha value is -2.70. The minimum atomic E-state index is -0.229. The highest BCUT2D eigenvalue weighted by atomic mass is 16.2. The molecule has 22 heavy (non-hydrogen) atoms. The van der Waals surface area contributed by atoms with E-state index in [1.165, 1.54) is 0 Å². The Kier molecular flexibility index (Phi) is 5.24. The highest BCUT2D eigenvalue weighted by molar-refractivity contribution is 5.93. The summed E-state index contributed by atoms with van der Waals surface area (Å²) in [6, 6.07) is 14.9. The van der Waals surface area contributed by atoms with E-state index < -0.39 is 0 Å². The third-order valence-corrected chi connectivity index (χ3v) is 3.04. The first-order valence-electron chi connectivity index (χ1n) is 6.82. The van der Waals surface area contributed by atoms with Crippen LogP contribution in [0, 0.1) is 0 Å². The molecule has 2 amide bonds. The van der Waals surface area contributed by atoms with Gasteiger partial charge in [-0.15, -0.1) is 0 Å². The molecule has 2 aromatic carbocycles. The third kappa shape index (κ3) is 4.15. The van der Waals surface area contributed by atoms with Gasteiger partial charge in [-0.1, -0.05) is 24.3 Å². The van der Waals surface area contributed by atoms with Crippen LogP contribution in [0.2, 0.25) is 0 Å². The van der Waals surface area contributed by atoms with E-state index in [4.69, 9.17) is 11.5 Å². The van der Waals surface area contributed by atoms with E-state index in [9.17, 15) is 9.59 Å². The van der Waals surface area contributed by atoms with Crippen LogP contribution >= 0.6 is 0 Å². The largest absolute Gasteiger partial charge is 0.325 e. The number of rotatable bonds is 5. The van der Waals surface area contributed by atoms with E-state index in [1.807, 2.05) is 48.5 Å². The van der Waals surface area contributed by atoms with E-state index >= 15 is 0 Å². The van der Waals surface area contributed by atoms with Crippen LogP contribution in [0.5, 0.6) is 0 Å². The Bertz CT molecular complexity index is 591. The van der Waals surface area contributed by atoms with E-state index in [0.717, 1.165) is 11.1 Å². The third-order valence-electron chi connectivity index (χ3n) is 3.04. The van der Waals surface area contributed by atoms with E-state index in [1.54, 1.807) is 0 Å². The predicted octanol–water partition coefficient (Wildman–Crippen LogP) is 1.15.